The Morgan fingerprint density at radius 1 is 1.35 bits per heavy atom. The third-order valence-electron chi connectivity index (χ3n) is 4.27. The first kappa shape index (κ1) is 19.9. The maximum atomic E-state index is 12.5. The summed E-state index contributed by atoms with van der Waals surface area (Å²) in [5, 5.41) is 12.9. The number of nitrogens with zero attached hydrogens (tertiary/aromatic N) is 3. The highest BCUT2D eigenvalue weighted by Crippen LogP contribution is 2.28. The van der Waals surface area contributed by atoms with Gasteiger partial charge in [-0.2, -0.15) is 0 Å². The molecule has 0 radical (unpaired) electrons. The molecule has 1 fully saturated rings. The van der Waals surface area contributed by atoms with Crippen molar-refractivity contribution >= 4 is 57.3 Å². The van der Waals surface area contributed by atoms with Crippen LogP contribution in [0, 0.1) is 5.92 Å². The number of thioether (sulfide) groups is 1. The van der Waals surface area contributed by atoms with Crippen molar-refractivity contribution in [2.45, 2.75) is 30.6 Å². The van der Waals surface area contributed by atoms with Gasteiger partial charge in [0.2, 0.25) is 11.0 Å². The lowest BCUT2D eigenvalue weighted by Gasteiger charge is -2.31. The normalized spacial score (nSPS) is 16.0. The third kappa shape index (κ3) is 5.33. The zero-order valence-corrected chi connectivity index (χ0v) is 17.5. The second-order valence-electron chi connectivity index (χ2n) is 6.08. The molecule has 26 heavy (non-hydrogen) atoms. The quantitative estimate of drug-likeness (QED) is 0.526. The zero-order valence-electron chi connectivity index (χ0n) is 14.4. The minimum Gasteiger partial charge on any atom is -0.300 e. The summed E-state index contributed by atoms with van der Waals surface area (Å²) in [5.41, 5.74) is 1.06. The SMILES string of the molecule is CCSc1nnc(NC(=O)C2CCN(Cc3ccc(Cl)cc3Cl)CC2)s1. The van der Waals surface area contributed by atoms with Gasteiger partial charge in [0.05, 0.1) is 0 Å². The predicted octanol–water partition coefficient (Wildman–Crippen LogP) is 4.81. The van der Waals surface area contributed by atoms with Crippen molar-refractivity contribution in [3.63, 3.8) is 0 Å². The summed E-state index contributed by atoms with van der Waals surface area (Å²) >= 11 is 15.3. The number of nitrogens with one attached hydrogen (secondary N) is 1. The number of carbonyl (C=O) groups excluding carboxylic acids is 1. The van der Waals surface area contributed by atoms with Crippen LogP contribution in [0.3, 0.4) is 0 Å². The monoisotopic (exact) mass is 430 g/mol. The maximum Gasteiger partial charge on any atom is 0.229 e. The molecule has 3 rings (SSSR count). The number of piperidine rings is 1. The summed E-state index contributed by atoms with van der Waals surface area (Å²) < 4.78 is 0.887. The minimum absolute atomic E-state index is 0.0121. The Bertz CT molecular complexity index is 763. The van der Waals surface area contributed by atoms with Crippen LogP contribution in [0.2, 0.25) is 10.0 Å². The molecular weight excluding hydrogens is 411 g/mol. The number of likely N-dealkylation sites (tertiary alicyclic amines) is 1. The molecule has 1 amide bonds. The molecule has 0 saturated carbocycles. The fraction of sp³-hybridized carbons (Fsp3) is 0.471. The summed E-state index contributed by atoms with van der Waals surface area (Å²) in [7, 11) is 0. The Balaban J connectivity index is 1.48. The number of anilines is 1. The number of carbonyl (C=O) groups is 1. The van der Waals surface area contributed by atoms with Crippen molar-refractivity contribution in [3.05, 3.63) is 33.8 Å². The summed E-state index contributed by atoms with van der Waals surface area (Å²) in [6, 6.07) is 5.59. The zero-order chi connectivity index (χ0) is 18.5. The Morgan fingerprint density at radius 2 is 2.12 bits per heavy atom. The fourth-order valence-electron chi connectivity index (χ4n) is 2.89. The lowest BCUT2D eigenvalue weighted by molar-refractivity contribution is -0.121. The van der Waals surface area contributed by atoms with E-state index in [-0.39, 0.29) is 11.8 Å². The van der Waals surface area contributed by atoms with Gasteiger partial charge >= 0.3 is 0 Å². The Kier molecular flexibility index (Phi) is 7.17. The van der Waals surface area contributed by atoms with E-state index in [1.54, 1.807) is 17.8 Å². The van der Waals surface area contributed by atoms with Crippen LogP contribution >= 0.6 is 46.3 Å². The number of halogens is 2. The van der Waals surface area contributed by atoms with E-state index < -0.39 is 0 Å². The van der Waals surface area contributed by atoms with E-state index in [1.165, 1.54) is 11.3 Å². The van der Waals surface area contributed by atoms with Gasteiger partial charge in [-0.25, -0.2) is 0 Å². The van der Waals surface area contributed by atoms with Crippen molar-refractivity contribution in [3.8, 4) is 0 Å². The maximum absolute atomic E-state index is 12.5. The van der Waals surface area contributed by atoms with Gasteiger partial charge in [0.25, 0.3) is 0 Å². The van der Waals surface area contributed by atoms with Crippen LogP contribution in [0.1, 0.15) is 25.3 Å². The van der Waals surface area contributed by atoms with E-state index >= 15 is 0 Å². The molecule has 1 aliphatic heterocycles. The average molecular weight is 431 g/mol. The smallest absolute Gasteiger partial charge is 0.229 e. The van der Waals surface area contributed by atoms with Gasteiger partial charge in [0.1, 0.15) is 0 Å². The van der Waals surface area contributed by atoms with E-state index in [0.29, 0.717) is 15.2 Å². The van der Waals surface area contributed by atoms with Gasteiger partial charge in [0.15, 0.2) is 4.34 Å². The molecule has 0 unspecified atom stereocenters. The molecule has 0 aliphatic carbocycles. The molecular formula is C17H20Cl2N4OS2. The number of benzene rings is 1. The van der Waals surface area contributed by atoms with Gasteiger partial charge in [-0.05, 0) is 49.4 Å². The van der Waals surface area contributed by atoms with Gasteiger partial charge < -0.3 is 5.32 Å². The van der Waals surface area contributed by atoms with Crippen LogP contribution in [0.5, 0.6) is 0 Å². The van der Waals surface area contributed by atoms with Crippen LogP contribution in [0.25, 0.3) is 0 Å². The minimum atomic E-state index is 0.0121. The molecule has 0 bridgehead atoms. The second kappa shape index (κ2) is 9.37. The molecule has 1 saturated heterocycles. The lowest BCUT2D eigenvalue weighted by atomic mass is 9.95. The van der Waals surface area contributed by atoms with Crippen molar-refractivity contribution in [1.82, 2.24) is 15.1 Å². The molecule has 5 nitrogen and oxygen atoms in total. The van der Waals surface area contributed by atoms with Gasteiger partial charge in [-0.3, -0.25) is 9.69 Å². The second-order valence-corrected chi connectivity index (χ2v) is 9.41. The first-order valence-corrected chi connectivity index (χ1v) is 11.0. The number of hydrogen-bond acceptors (Lipinski definition) is 6. The van der Waals surface area contributed by atoms with Gasteiger partial charge in [-0.15, -0.1) is 10.2 Å². The summed E-state index contributed by atoms with van der Waals surface area (Å²) in [6.45, 7) is 4.57. The van der Waals surface area contributed by atoms with E-state index in [2.05, 4.69) is 27.3 Å². The van der Waals surface area contributed by atoms with Crippen molar-refractivity contribution in [2.75, 3.05) is 24.2 Å². The van der Waals surface area contributed by atoms with E-state index in [9.17, 15) is 4.79 Å². The van der Waals surface area contributed by atoms with Crippen LogP contribution in [-0.2, 0) is 11.3 Å². The summed E-state index contributed by atoms with van der Waals surface area (Å²) in [4.78, 5) is 14.8. The standard InChI is InChI=1S/C17H20Cl2N4OS2/c1-2-25-17-22-21-16(26-17)20-15(24)11-5-7-23(8-6-11)10-12-3-4-13(18)9-14(12)19/h3-4,9,11H,2,5-8,10H2,1H3,(H,20,21,24). The molecule has 1 aromatic carbocycles. The van der Waals surface area contributed by atoms with E-state index in [0.717, 1.165) is 48.1 Å². The Hall–Kier alpha value is -0.860. The van der Waals surface area contributed by atoms with Crippen molar-refractivity contribution in [2.24, 2.45) is 5.92 Å². The molecule has 2 aromatic rings. The van der Waals surface area contributed by atoms with Crippen molar-refractivity contribution in [1.29, 1.82) is 0 Å². The first-order chi connectivity index (χ1) is 12.5. The molecule has 9 heteroatoms. The van der Waals surface area contributed by atoms with Gasteiger partial charge in [-0.1, -0.05) is 59.3 Å². The molecule has 1 N–H and O–H groups in total. The first-order valence-electron chi connectivity index (χ1n) is 8.48. The van der Waals surface area contributed by atoms with Crippen LogP contribution in [-0.4, -0.2) is 39.8 Å². The molecule has 140 valence electrons. The third-order valence-corrected chi connectivity index (χ3v) is 6.71. The molecule has 1 aliphatic rings. The Labute approximate surface area is 171 Å². The topological polar surface area (TPSA) is 58.1 Å². The highest BCUT2D eigenvalue weighted by molar-refractivity contribution is 8.01. The number of aromatic nitrogens is 2. The van der Waals surface area contributed by atoms with Crippen LogP contribution in [0.15, 0.2) is 22.5 Å². The largest absolute Gasteiger partial charge is 0.300 e. The lowest BCUT2D eigenvalue weighted by Crippen LogP contribution is -2.37. The van der Waals surface area contributed by atoms with E-state index in [4.69, 9.17) is 23.2 Å². The van der Waals surface area contributed by atoms with Crippen molar-refractivity contribution < 1.29 is 4.79 Å². The molecule has 0 atom stereocenters. The van der Waals surface area contributed by atoms with Crippen LogP contribution < -0.4 is 5.32 Å². The number of amides is 1. The molecule has 0 spiro atoms. The Morgan fingerprint density at radius 3 is 2.81 bits per heavy atom. The predicted molar refractivity (Wildman–Crippen MR) is 109 cm³/mol. The number of hydrogen-bond donors (Lipinski definition) is 1. The highest BCUT2D eigenvalue weighted by atomic mass is 35.5. The molecule has 2 heterocycles. The summed E-state index contributed by atoms with van der Waals surface area (Å²) in [6.07, 6.45) is 1.65. The summed E-state index contributed by atoms with van der Waals surface area (Å²) in [5.74, 6) is 0.995. The number of rotatable bonds is 6. The van der Waals surface area contributed by atoms with Gasteiger partial charge in [0, 0.05) is 22.5 Å². The van der Waals surface area contributed by atoms with Crippen LogP contribution in [0.4, 0.5) is 5.13 Å². The van der Waals surface area contributed by atoms with E-state index in [1.807, 2.05) is 12.1 Å². The highest BCUT2D eigenvalue weighted by Gasteiger charge is 2.26. The molecule has 1 aromatic heterocycles. The average Bonchev–Trinajstić information content (AvgIpc) is 3.05. The fourth-order valence-corrected chi connectivity index (χ4v) is 5.01.